The molecule has 4 aromatic rings. The molecule has 1 saturated heterocycles. The van der Waals surface area contributed by atoms with Crippen LogP contribution in [0, 0.1) is 5.41 Å². The first-order valence-corrected chi connectivity index (χ1v) is 11.2. The second-order valence-corrected chi connectivity index (χ2v) is 8.43. The highest BCUT2D eigenvalue weighted by molar-refractivity contribution is 7.16. The van der Waals surface area contributed by atoms with Gasteiger partial charge in [0.25, 0.3) is 0 Å². The number of hydrogen-bond donors (Lipinski definition) is 3. The van der Waals surface area contributed by atoms with E-state index < -0.39 is 0 Å². The quantitative estimate of drug-likeness (QED) is 0.375. The van der Waals surface area contributed by atoms with E-state index in [0.29, 0.717) is 18.2 Å². The van der Waals surface area contributed by atoms with Gasteiger partial charge in [-0.05, 0) is 42.8 Å². The van der Waals surface area contributed by atoms with Crippen molar-refractivity contribution in [3.8, 4) is 5.75 Å². The molecular weight excluding hydrogens is 424 g/mol. The zero-order valence-electron chi connectivity index (χ0n) is 17.7. The first-order valence-electron chi connectivity index (χ1n) is 10.3. The Kier molecular flexibility index (Phi) is 5.52. The number of fused-ring (bicyclic) bond motifs is 2. The molecule has 162 valence electrons. The van der Waals surface area contributed by atoms with Gasteiger partial charge in [0.15, 0.2) is 0 Å². The summed E-state index contributed by atoms with van der Waals surface area (Å²) >= 11 is 1.60. The van der Waals surface area contributed by atoms with E-state index in [1.54, 1.807) is 11.3 Å². The number of allylic oxidation sites excluding steroid dienone is 1. The lowest BCUT2D eigenvalue weighted by atomic mass is 10.0. The van der Waals surface area contributed by atoms with Crippen LogP contribution in [0.3, 0.4) is 0 Å². The molecule has 8 nitrogen and oxygen atoms in total. The number of nitrogens with one attached hydrogen (secondary N) is 2. The van der Waals surface area contributed by atoms with Gasteiger partial charge in [-0.15, -0.1) is 11.3 Å². The van der Waals surface area contributed by atoms with Gasteiger partial charge in [0.1, 0.15) is 30.2 Å². The summed E-state index contributed by atoms with van der Waals surface area (Å²) in [6, 6.07) is 9.95. The number of quaternary nitrogens is 1. The summed E-state index contributed by atoms with van der Waals surface area (Å²) in [5.41, 5.74) is 6.11. The molecule has 1 aliphatic heterocycles. The molecule has 2 atom stereocenters. The fraction of sp³-hybridized carbons (Fsp3) is 0.217. The summed E-state index contributed by atoms with van der Waals surface area (Å²) in [6.07, 6.45) is 4.76. The Bertz CT molecular complexity index is 1330. The van der Waals surface area contributed by atoms with E-state index in [1.807, 2.05) is 55.3 Å². The average molecular weight is 448 g/mol. The maximum Gasteiger partial charge on any atom is 0.148 e. The Morgan fingerprint density at radius 3 is 2.91 bits per heavy atom. The maximum absolute atomic E-state index is 7.82. The van der Waals surface area contributed by atoms with Gasteiger partial charge in [-0.3, -0.25) is 0 Å². The largest absolute Gasteiger partial charge is 0.484 e. The monoisotopic (exact) mass is 447 g/mol. The second kappa shape index (κ2) is 8.62. The minimum Gasteiger partial charge on any atom is -0.484 e. The van der Waals surface area contributed by atoms with Crippen LogP contribution in [0.4, 0.5) is 11.5 Å². The predicted octanol–water partition coefficient (Wildman–Crippen LogP) is 3.33. The molecule has 3 heterocycles. The molecule has 9 heteroatoms. The van der Waals surface area contributed by atoms with Crippen LogP contribution in [-0.4, -0.2) is 47.0 Å². The normalized spacial score (nSPS) is 18.5. The SMILES string of the molecule is C[NH2+]/C=C(\C=N)c1cc(O[C@@H]2CO[C@H]2C)c2c(Nc3ccc4ncsc4c3)ncnc2c1. The molecular formula is C23H23N6O2S+. The Hall–Kier alpha value is -3.40. The predicted molar refractivity (Wildman–Crippen MR) is 127 cm³/mol. The molecule has 4 N–H and O–H groups in total. The van der Waals surface area contributed by atoms with Crippen molar-refractivity contribution in [2.45, 2.75) is 19.1 Å². The Balaban J connectivity index is 1.62. The number of benzene rings is 2. The van der Waals surface area contributed by atoms with Gasteiger partial charge in [-0.25, -0.2) is 15.0 Å². The molecule has 0 saturated carbocycles. The Morgan fingerprint density at radius 1 is 1.25 bits per heavy atom. The number of aromatic nitrogens is 3. The van der Waals surface area contributed by atoms with Crippen molar-refractivity contribution in [1.29, 1.82) is 5.41 Å². The number of anilines is 2. The molecule has 2 aromatic carbocycles. The first kappa shape index (κ1) is 20.5. The first-order chi connectivity index (χ1) is 15.7. The van der Waals surface area contributed by atoms with E-state index >= 15 is 0 Å². The highest BCUT2D eigenvalue weighted by Crippen LogP contribution is 2.36. The van der Waals surface area contributed by atoms with Crippen LogP contribution in [0.1, 0.15) is 12.5 Å². The van der Waals surface area contributed by atoms with Crippen LogP contribution in [0.15, 0.2) is 48.4 Å². The minimum absolute atomic E-state index is 0.0187. The van der Waals surface area contributed by atoms with Crippen molar-refractivity contribution in [2.24, 2.45) is 0 Å². The Morgan fingerprint density at radius 2 is 2.16 bits per heavy atom. The molecule has 1 fully saturated rings. The van der Waals surface area contributed by atoms with E-state index in [4.69, 9.17) is 14.9 Å². The summed E-state index contributed by atoms with van der Waals surface area (Å²) in [7, 11) is 1.93. The van der Waals surface area contributed by atoms with E-state index in [0.717, 1.165) is 37.9 Å². The van der Waals surface area contributed by atoms with Crippen LogP contribution in [0.25, 0.3) is 26.7 Å². The lowest BCUT2D eigenvalue weighted by Crippen LogP contribution is -2.72. The lowest BCUT2D eigenvalue weighted by Gasteiger charge is -2.34. The van der Waals surface area contributed by atoms with Gasteiger partial charge < -0.3 is 25.5 Å². The van der Waals surface area contributed by atoms with Gasteiger partial charge in [-0.2, -0.15) is 0 Å². The third kappa shape index (κ3) is 3.81. The standard InChI is InChI=1S/C23H22N6O2S/c1-13-20(10-30-13)31-19-6-14(15(8-24)9-25-2)5-18-22(19)23(27-11-26-18)29-16-3-4-17-21(7-16)32-12-28-17/h3-9,11-13,20,24-25H,10H2,1-2H3,(H,26,27,29)/p+1/b15-9+,24-8?/t13-,20+/m0/s1. The van der Waals surface area contributed by atoms with Crippen molar-refractivity contribution in [2.75, 3.05) is 19.0 Å². The number of nitrogens with zero attached hydrogens (tertiary/aromatic N) is 3. The molecule has 5 rings (SSSR count). The van der Waals surface area contributed by atoms with E-state index in [9.17, 15) is 0 Å². The zero-order valence-corrected chi connectivity index (χ0v) is 18.5. The third-order valence-corrected chi connectivity index (χ3v) is 6.25. The lowest BCUT2D eigenvalue weighted by molar-refractivity contribution is -0.555. The number of rotatable bonds is 7. The highest BCUT2D eigenvalue weighted by Gasteiger charge is 2.31. The molecule has 0 amide bonds. The summed E-state index contributed by atoms with van der Waals surface area (Å²) < 4.78 is 13.0. The summed E-state index contributed by atoms with van der Waals surface area (Å²) in [5, 5.41) is 14.0. The van der Waals surface area contributed by atoms with Crippen LogP contribution < -0.4 is 15.4 Å². The van der Waals surface area contributed by atoms with Gasteiger partial charge in [-0.1, -0.05) is 0 Å². The molecule has 0 aliphatic carbocycles. The van der Waals surface area contributed by atoms with Crippen molar-refractivity contribution in [3.63, 3.8) is 0 Å². The van der Waals surface area contributed by atoms with Crippen LogP contribution >= 0.6 is 11.3 Å². The molecule has 2 aromatic heterocycles. The zero-order chi connectivity index (χ0) is 22.1. The third-order valence-electron chi connectivity index (χ3n) is 5.46. The van der Waals surface area contributed by atoms with Crippen molar-refractivity contribution in [3.05, 3.63) is 53.9 Å². The number of thiazole rings is 1. The van der Waals surface area contributed by atoms with E-state index in [-0.39, 0.29) is 12.2 Å². The average Bonchev–Trinajstić information content (AvgIpc) is 3.27. The van der Waals surface area contributed by atoms with Gasteiger partial charge in [0, 0.05) is 11.9 Å². The number of hydrogen-bond acceptors (Lipinski definition) is 8. The van der Waals surface area contributed by atoms with Crippen molar-refractivity contribution < 1.29 is 14.8 Å². The van der Waals surface area contributed by atoms with Crippen molar-refractivity contribution in [1.82, 2.24) is 15.0 Å². The van der Waals surface area contributed by atoms with Crippen LogP contribution in [0.2, 0.25) is 0 Å². The van der Waals surface area contributed by atoms with E-state index in [1.165, 1.54) is 12.5 Å². The topological polar surface area (TPSA) is 110 Å². The second-order valence-electron chi connectivity index (χ2n) is 7.55. The van der Waals surface area contributed by atoms with Crippen LogP contribution in [-0.2, 0) is 4.74 Å². The number of ether oxygens (including phenoxy) is 2. The summed E-state index contributed by atoms with van der Waals surface area (Å²) in [6.45, 7) is 2.54. The Labute approximate surface area is 188 Å². The molecule has 32 heavy (non-hydrogen) atoms. The fourth-order valence-electron chi connectivity index (χ4n) is 3.65. The molecule has 0 unspecified atom stereocenters. The van der Waals surface area contributed by atoms with E-state index in [2.05, 4.69) is 26.3 Å². The minimum atomic E-state index is -0.0415. The highest BCUT2D eigenvalue weighted by atomic mass is 32.1. The maximum atomic E-state index is 7.82. The smallest absolute Gasteiger partial charge is 0.148 e. The number of nitrogens with two attached hydrogens (primary N) is 1. The molecule has 0 bridgehead atoms. The fourth-order valence-corrected chi connectivity index (χ4v) is 4.36. The molecule has 0 spiro atoms. The molecule has 0 radical (unpaired) electrons. The van der Waals surface area contributed by atoms with Gasteiger partial charge >= 0.3 is 0 Å². The van der Waals surface area contributed by atoms with Crippen molar-refractivity contribution >= 4 is 55.7 Å². The van der Waals surface area contributed by atoms with Gasteiger partial charge in [0.2, 0.25) is 0 Å². The molecule has 1 aliphatic rings. The van der Waals surface area contributed by atoms with Gasteiger partial charge in [0.05, 0.1) is 52.0 Å². The summed E-state index contributed by atoms with van der Waals surface area (Å²) in [5.74, 6) is 1.33. The van der Waals surface area contributed by atoms with Crippen LogP contribution in [0.5, 0.6) is 5.75 Å². The summed E-state index contributed by atoms with van der Waals surface area (Å²) in [4.78, 5) is 13.4.